The molecule has 1 aliphatic heterocycles. The van der Waals surface area contributed by atoms with Crippen LogP contribution in [0.25, 0.3) is 0 Å². The maximum absolute atomic E-state index is 11.8. The molecule has 1 saturated heterocycles. The number of thiophene rings is 1. The van der Waals surface area contributed by atoms with Crippen LogP contribution in [-0.4, -0.2) is 54.2 Å². The van der Waals surface area contributed by atoms with Gasteiger partial charge in [0.05, 0.1) is 12.6 Å². The van der Waals surface area contributed by atoms with Crippen LogP contribution < -0.4 is 5.32 Å². The van der Waals surface area contributed by atoms with Crippen molar-refractivity contribution in [2.45, 2.75) is 25.5 Å². The summed E-state index contributed by atoms with van der Waals surface area (Å²) in [6.45, 7) is 2.00. The molecule has 1 amide bonds. The van der Waals surface area contributed by atoms with Gasteiger partial charge in [0, 0.05) is 24.6 Å². The third-order valence-electron chi connectivity index (χ3n) is 3.25. The zero-order valence-corrected chi connectivity index (χ0v) is 12.6. The van der Waals surface area contributed by atoms with Gasteiger partial charge in [0.15, 0.2) is 0 Å². The minimum Gasteiger partial charge on any atom is -0.480 e. The molecule has 2 heterocycles. The molecule has 7 heteroatoms. The molecule has 0 aliphatic carbocycles. The standard InChI is InChI=1S/C14H20N2O4S/c17-13(15-7-14(18)19)10-16(8-11-3-1-5-20-11)9-12-4-2-6-21-12/h2,4,6,11H,1,3,5,7-10H2,(H,15,17)(H,18,19). The van der Waals surface area contributed by atoms with Crippen LogP contribution in [-0.2, 0) is 20.9 Å². The molecule has 1 aliphatic rings. The number of aliphatic carboxylic acids is 1. The monoisotopic (exact) mass is 312 g/mol. The minimum absolute atomic E-state index is 0.164. The first-order valence-electron chi connectivity index (χ1n) is 6.98. The summed E-state index contributed by atoms with van der Waals surface area (Å²) in [7, 11) is 0. The van der Waals surface area contributed by atoms with Crippen molar-refractivity contribution < 1.29 is 19.4 Å². The number of rotatable bonds is 8. The van der Waals surface area contributed by atoms with E-state index in [-0.39, 0.29) is 25.1 Å². The van der Waals surface area contributed by atoms with Crippen molar-refractivity contribution in [3.63, 3.8) is 0 Å². The summed E-state index contributed by atoms with van der Waals surface area (Å²) in [5.41, 5.74) is 0. The minimum atomic E-state index is -1.03. The van der Waals surface area contributed by atoms with Crippen molar-refractivity contribution in [3.05, 3.63) is 22.4 Å². The molecule has 1 atom stereocenters. The predicted octanol–water partition coefficient (Wildman–Crippen LogP) is 0.930. The Bertz CT molecular complexity index is 458. The van der Waals surface area contributed by atoms with Gasteiger partial charge in [-0.25, -0.2) is 0 Å². The molecule has 1 aromatic heterocycles. The van der Waals surface area contributed by atoms with Crippen molar-refractivity contribution in [1.29, 1.82) is 0 Å². The maximum Gasteiger partial charge on any atom is 0.322 e. The highest BCUT2D eigenvalue weighted by Gasteiger charge is 2.21. The van der Waals surface area contributed by atoms with Gasteiger partial charge in [-0.15, -0.1) is 11.3 Å². The summed E-state index contributed by atoms with van der Waals surface area (Å²) in [5, 5.41) is 13.0. The second-order valence-corrected chi connectivity index (χ2v) is 6.09. The topological polar surface area (TPSA) is 78.9 Å². The van der Waals surface area contributed by atoms with Gasteiger partial charge in [0.1, 0.15) is 6.54 Å². The average Bonchev–Trinajstić information content (AvgIpc) is 3.10. The molecule has 116 valence electrons. The second kappa shape index (κ2) is 8.11. The average molecular weight is 312 g/mol. The molecule has 6 nitrogen and oxygen atoms in total. The van der Waals surface area contributed by atoms with Gasteiger partial charge in [0.25, 0.3) is 0 Å². The quantitative estimate of drug-likeness (QED) is 0.746. The Kier molecular flexibility index (Phi) is 6.16. The number of hydrogen-bond acceptors (Lipinski definition) is 5. The molecule has 2 N–H and O–H groups in total. The highest BCUT2D eigenvalue weighted by molar-refractivity contribution is 7.09. The first-order chi connectivity index (χ1) is 10.1. The predicted molar refractivity (Wildman–Crippen MR) is 79.2 cm³/mol. The fourth-order valence-corrected chi connectivity index (χ4v) is 3.06. The van der Waals surface area contributed by atoms with Crippen molar-refractivity contribution >= 4 is 23.2 Å². The van der Waals surface area contributed by atoms with Crippen LogP contribution in [0.3, 0.4) is 0 Å². The van der Waals surface area contributed by atoms with E-state index < -0.39 is 5.97 Å². The number of nitrogens with one attached hydrogen (secondary N) is 1. The molecule has 1 unspecified atom stereocenters. The third kappa shape index (κ3) is 5.82. The van der Waals surface area contributed by atoms with Gasteiger partial charge >= 0.3 is 5.97 Å². The van der Waals surface area contributed by atoms with Crippen molar-refractivity contribution in [3.8, 4) is 0 Å². The Morgan fingerprint density at radius 2 is 2.38 bits per heavy atom. The number of nitrogens with zero attached hydrogens (tertiary/aromatic N) is 1. The lowest BCUT2D eigenvalue weighted by Crippen LogP contribution is -2.41. The van der Waals surface area contributed by atoms with Crippen molar-refractivity contribution in [1.82, 2.24) is 10.2 Å². The zero-order chi connectivity index (χ0) is 15.1. The summed E-state index contributed by atoms with van der Waals surface area (Å²) >= 11 is 1.65. The number of carbonyl (C=O) groups is 2. The van der Waals surface area contributed by atoms with E-state index in [2.05, 4.69) is 5.32 Å². The molecule has 0 aromatic carbocycles. The molecule has 0 spiro atoms. The van der Waals surface area contributed by atoms with Crippen LogP contribution in [0.1, 0.15) is 17.7 Å². The van der Waals surface area contributed by atoms with Crippen LogP contribution >= 0.6 is 11.3 Å². The molecule has 2 rings (SSSR count). The van der Waals surface area contributed by atoms with Gasteiger partial charge in [-0.1, -0.05) is 6.07 Å². The van der Waals surface area contributed by atoms with Crippen LogP contribution in [0.5, 0.6) is 0 Å². The molecule has 21 heavy (non-hydrogen) atoms. The van der Waals surface area contributed by atoms with E-state index in [0.717, 1.165) is 19.4 Å². The highest BCUT2D eigenvalue weighted by Crippen LogP contribution is 2.16. The van der Waals surface area contributed by atoms with E-state index in [1.807, 2.05) is 22.4 Å². The van der Waals surface area contributed by atoms with Gasteiger partial charge in [0.2, 0.25) is 5.91 Å². The Morgan fingerprint density at radius 1 is 1.52 bits per heavy atom. The van der Waals surface area contributed by atoms with Crippen LogP contribution in [0, 0.1) is 0 Å². The molecule has 1 aromatic rings. The summed E-state index contributed by atoms with van der Waals surface area (Å²) in [4.78, 5) is 25.5. The molecular formula is C14H20N2O4S. The van der Waals surface area contributed by atoms with E-state index in [1.165, 1.54) is 4.88 Å². The smallest absolute Gasteiger partial charge is 0.322 e. The highest BCUT2D eigenvalue weighted by atomic mass is 32.1. The summed E-state index contributed by atoms with van der Waals surface area (Å²) in [5.74, 6) is -1.31. The SMILES string of the molecule is O=C(O)CNC(=O)CN(Cc1cccs1)CC1CCCO1. The molecule has 0 radical (unpaired) electrons. The number of ether oxygens (including phenoxy) is 1. The lowest BCUT2D eigenvalue weighted by Gasteiger charge is -2.24. The lowest BCUT2D eigenvalue weighted by atomic mass is 10.2. The van der Waals surface area contributed by atoms with Gasteiger partial charge in [-0.05, 0) is 24.3 Å². The zero-order valence-electron chi connectivity index (χ0n) is 11.8. The van der Waals surface area contributed by atoms with Gasteiger partial charge in [-0.3, -0.25) is 14.5 Å². The van der Waals surface area contributed by atoms with Crippen molar-refractivity contribution in [2.75, 3.05) is 26.2 Å². The van der Waals surface area contributed by atoms with Gasteiger partial charge in [-0.2, -0.15) is 0 Å². The molecule has 0 bridgehead atoms. The summed E-state index contributed by atoms with van der Waals surface area (Å²) in [6.07, 6.45) is 2.23. The fraction of sp³-hybridized carbons (Fsp3) is 0.571. The summed E-state index contributed by atoms with van der Waals surface area (Å²) in [6, 6.07) is 4.01. The van der Waals surface area contributed by atoms with E-state index in [4.69, 9.17) is 9.84 Å². The van der Waals surface area contributed by atoms with E-state index in [9.17, 15) is 9.59 Å². The Labute approximate surface area is 127 Å². The normalized spacial score (nSPS) is 18.0. The molecule has 1 fully saturated rings. The van der Waals surface area contributed by atoms with Crippen LogP contribution in [0.4, 0.5) is 0 Å². The summed E-state index contributed by atoms with van der Waals surface area (Å²) < 4.78 is 5.62. The Balaban J connectivity index is 1.87. The van der Waals surface area contributed by atoms with E-state index >= 15 is 0 Å². The lowest BCUT2D eigenvalue weighted by molar-refractivity contribution is -0.138. The van der Waals surface area contributed by atoms with E-state index in [1.54, 1.807) is 11.3 Å². The number of carboxylic acid groups (broad SMARTS) is 1. The number of carbonyl (C=O) groups excluding carboxylic acids is 1. The number of carboxylic acids is 1. The maximum atomic E-state index is 11.8. The van der Waals surface area contributed by atoms with Crippen LogP contribution in [0.15, 0.2) is 17.5 Å². The number of hydrogen-bond donors (Lipinski definition) is 2. The third-order valence-corrected chi connectivity index (χ3v) is 4.11. The fourth-order valence-electron chi connectivity index (χ4n) is 2.32. The largest absolute Gasteiger partial charge is 0.480 e. The van der Waals surface area contributed by atoms with Crippen LogP contribution in [0.2, 0.25) is 0 Å². The van der Waals surface area contributed by atoms with E-state index in [0.29, 0.717) is 13.1 Å². The number of amides is 1. The molecular weight excluding hydrogens is 292 g/mol. The Hall–Kier alpha value is -1.44. The first-order valence-corrected chi connectivity index (χ1v) is 7.86. The van der Waals surface area contributed by atoms with Gasteiger partial charge < -0.3 is 15.2 Å². The Morgan fingerprint density at radius 3 is 3.00 bits per heavy atom. The molecule has 0 saturated carbocycles. The second-order valence-electron chi connectivity index (χ2n) is 5.05. The van der Waals surface area contributed by atoms with Crippen molar-refractivity contribution in [2.24, 2.45) is 0 Å². The first kappa shape index (κ1) is 15.9.